The number of carbonyl (C=O) groups is 1. The van der Waals surface area contributed by atoms with Gasteiger partial charge in [-0.05, 0) is 43.5 Å². The van der Waals surface area contributed by atoms with E-state index in [0.717, 1.165) is 24.6 Å². The fraction of sp³-hybridized carbons (Fsp3) is 0.333. The van der Waals surface area contributed by atoms with Gasteiger partial charge in [-0.2, -0.15) is 0 Å². The number of hydrogen-bond acceptors (Lipinski definition) is 2. The third-order valence-electron chi connectivity index (χ3n) is 3.94. The standard InChI is InChI=1S/C21H28N4O/c1-4-22-21(24-16(2)19-8-6-5-7-9-19)23-15-14-18-10-12-20(13-11-18)25-17(3)26/h5-13,16H,4,14-15H2,1-3H3,(H,25,26)(H2,22,23,24). The predicted molar refractivity (Wildman–Crippen MR) is 108 cm³/mol. The van der Waals surface area contributed by atoms with E-state index in [4.69, 9.17) is 0 Å². The van der Waals surface area contributed by atoms with Crippen LogP contribution in [0.25, 0.3) is 0 Å². The Morgan fingerprint density at radius 2 is 1.77 bits per heavy atom. The van der Waals surface area contributed by atoms with Crippen LogP contribution in [0.1, 0.15) is 37.9 Å². The highest BCUT2D eigenvalue weighted by atomic mass is 16.1. The number of aliphatic imine (C=N–C) groups is 1. The number of nitrogens with one attached hydrogen (secondary N) is 3. The molecule has 0 bridgehead atoms. The number of anilines is 1. The van der Waals surface area contributed by atoms with Crippen molar-refractivity contribution >= 4 is 17.6 Å². The highest BCUT2D eigenvalue weighted by Gasteiger charge is 2.06. The van der Waals surface area contributed by atoms with Gasteiger partial charge in [0.25, 0.3) is 0 Å². The third-order valence-corrected chi connectivity index (χ3v) is 3.94. The van der Waals surface area contributed by atoms with E-state index in [1.165, 1.54) is 18.1 Å². The Balaban J connectivity index is 1.91. The maximum Gasteiger partial charge on any atom is 0.221 e. The van der Waals surface area contributed by atoms with Crippen LogP contribution < -0.4 is 16.0 Å². The van der Waals surface area contributed by atoms with Crippen LogP contribution in [-0.4, -0.2) is 25.0 Å². The van der Waals surface area contributed by atoms with Gasteiger partial charge in [0.05, 0.1) is 6.04 Å². The molecule has 3 N–H and O–H groups in total. The van der Waals surface area contributed by atoms with Gasteiger partial charge in [-0.25, -0.2) is 0 Å². The number of guanidine groups is 1. The Hall–Kier alpha value is -2.82. The molecule has 2 aromatic rings. The number of hydrogen-bond donors (Lipinski definition) is 3. The first-order valence-electron chi connectivity index (χ1n) is 9.04. The lowest BCUT2D eigenvalue weighted by Gasteiger charge is -2.18. The number of nitrogens with zero attached hydrogens (tertiary/aromatic N) is 1. The van der Waals surface area contributed by atoms with Gasteiger partial charge in [0, 0.05) is 25.7 Å². The number of amides is 1. The average molecular weight is 352 g/mol. The maximum atomic E-state index is 11.1. The molecule has 26 heavy (non-hydrogen) atoms. The molecule has 0 saturated heterocycles. The maximum absolute atomic E-state index is 11.1. The first-order valence-corrected chi connectivity index (χ1v) is 9.04. The lowest BCUT2D eigenvalue weighted by atomic mass is 10.1. The first-order chi connectivity index (χ1) is 12.6. The Bertz CT molecular complexity index is 711. The molecule has 138 valence electrons. The molecule has 0 aliphatic heterocycles. The van der Waals surface area contributed by atoms with Crippen molar-refractivity contribution in [1.29, 1.82) is 0 Å². The summed E-state index contributed by atoms with van der Waals surface area (Å²) in [6.07, 6.45) is 0.844. The summed E-state index contributed by atoms with van der Waals surface area (Å²) in [5, 5.41) is 9.51. The van der Waals surface area contributed by atoms with Crippen LogP contribution in [0, 0.1) is 0 Å². The third kappa shape index (κ3) is 6.59. The number of benzene rings is 2. The average Bonchev–Trinajstić information content (AvgIpc) is 2.63. The zero-order valence-corrected chi connectivity index (χ0v) is 15.8. The van der Waals surface area contributed by atoms with E-state index < -0.39 is 0 Å². The number of rotatable bonds is 7. The zero-order valence-electron chi connectivity index (χ0n) is 15.8. The molecule has 0 spiro atoms. The molecule has 0 saturated carbocycles. The molecule has 0 aliphatic rings. The molecule has 1 amide bonds. The first kappa shape index (κ1) is 19.5. The quantitative estimate of drug-likeness (QED) is 0.528. The van der Waals surface area contributed by atoms with Gasteiger partial charge >= 0.3 is 0 Å². The second-order valence-electron chi connectivity index (χ2n) is 6.17. The summed E-state index contributed by atoms with van der Waals surface area (Å²) in [5.74, 6) is 0.759. The molecule has 0 aliphatic carbocycles. The molecule has 0 heterocycles. The summed E-state index contributed by atoms with van der Waals surface area (Å²) in [5.41, 5.74) is 3.23. The molecule has 5 nitrogen and oxygen atoms in total. The minimum Gasteiger partial charge on any atom is -0.357 e. The van der Waals surface area contributed by atoms with Crippen molar-refractivity contribution in [3.63, 3.8) is 0 Å². The lowest BCUT2D eigenvalue weighted by molar-refractivity contribution is -0.114. The Labute approximate surface area is 155 Å². The Morgan fingerprint density at radius 1 is 1.08 bits per heavy atom. The van der Waals surface area contributed by atoms with Gasteiger partial charge in [0.1, 0.15) is 0 Å². The Morgan fingerprint density at radius 3 is 2.38 bits per heavy atom. The van der Waals surface area contributed by atoms with Crippen molar-refractivity contribution in [3.8, 4) is 0 Å². The molecule has 1 unspecified atom stereocenters. The van der Waals surface area contributed by atoms with Gasteiger partial charge in [-0.15, -0.1) is 0 Å². The summed E-state index contributed by atoms with van der Waals surface area (Å²) in [6, 6.07) is 18.4. The van der Waals surface area contributed by atoms with E-state index in [1.54, 1.807) is 0 Å². The molecule has 0 radical (unpaired) electrons. The SMILES string of the molecule is CCNC(=NCCc1ccc(NC(C)=O)cc1)NC(C)c1ccccc1. The number of carbonyl (C=O) groups excluding carboxylic acids is 1. The van der Waals surface area contributed by atoms with Gasteiger partial charge in [-0.1, -0.05) is 42.5 Å². The van der Waals surface area contributed by atoms with E-state index in [0.29, 0.717) is 6.54 Å². The molecule has 2 rings (SSSR count). The Kier molecular flexibility index (Phi) is 7.68. The zero-order chi connectivity index (χ0) is 18.8. The van der Waals surface area contributed by atoms with Crippen LogP contribution in [0.5, 0.6) is 0 Å². The van der Waals surface area contributed by atoms with Crippen LogP contribution in [0.15, 0.2) is 59.6 Å². The van der Waals surface area contributed by atoms with Crippen LogP contribution in [-0.2, 0) is 11.2 Å². The summed E-state index contributed by atoms with van der Waals surface area (Å²) in [7, 11) is 0. The second kappa shape index (κ2) is 10.2. The molecule has 0 aromatic heterocycles. The van der Waals surface area contributed by atoms with E-state index in [2.05, 4.69) is 46.9 Å². The van der Waals surface area contributed by atoms with Crippen molar-refractivity contribution in [1.82, 2.24) is 10.6 Å². The lowest BCUT2D eigenvalue weighted by Crippen LogP contribution is -2.38. The van der Waals surface area contributed by atoms with Gasteiger partial charge < -0.3 is 16.0 Å². The summed E-state index contributed by atoms with van der Waals surface area (Å²) in [4.78, 5) is 15.7. The van der Waals surface area contributed by atoms with Gasteiger partial charge in [0.15, 0.2) is 5.96 Å². The van der Waals surface area contributed by atoms with Crippen molar-refractivity contribution in [2.75, 3.05) is 18.4 Å². The minimum atomic E-state index is -0.0590. The van der Waals surface area contributed by atoms with E-state index >= 15 is 0 Å². The van der Waals surface area contributed by atoms with Gasteiger partial charge in [-0.3, -0.25) is 9.79 Å². The van der Waals surface area contributed by atoms with E-state index in [1.807, 2.05) is 42.5 Å². The monoisotopic (exact) mass is 352 g/mol. The van der Waals surface area contributed by atoms with Gasteiger partial charge in [0.2, 0.25) is 5.91 Å². The van der Waals surface area contributed by atoms with Crippen molar-refractivity contribution in [2.45, 2.75) is 33.2 Å². The fourth-order valence-corrected chi connectivity index (χ4v) is 2.60. The fourth-order valence-electron chi connectivity index (χ4n) is 2.60. The summed E-state index contributed by atoms with van der Waals surface area (Å²) in [6.45, 7) is 7.21. The van der Waals surface area contributed by atoms with Crippen LogP contribution in [0.3, 0.4) is 0 Å². The van der Waals surface area contributed by atoms with Crippen molar-refractivity contribution in [2.24, 2.45) is 4.99 Å². The van der Waals surface area contributed by atoms with Crippen LogP contribution in [0.4, 0.5) is 5.69 Å². The molecule has 0 fully saturated rings. The van der Waals surface area contributed by atoms with Crippen LogP contribution >= 0.6 is 0 Å². The van der Waals surface area contributed by atoms with Crippen molar-refractivity contribution < 1.29 is 4.79 Å². The smallest absolute Gasteiger partial charge is 0.221 e. The van der Waals surface area contributed by atoms with Crippen molar-refractivity contribution in [3.05, 3.63) is 65.7 Å². The molecule has 2 aromatic carbocycles. The normalized spacial score (nSPS) is 12.3. The largest absolute Gasteiger partial charge is 0.357 e. The molecular formula is C21H28N4O. The van der Waals surface area contributed by atoms with E-state index in [9.17, 15) is 4.79 Å². The second-order valence-corrected chi connectivity index (χ2v) is 6.17. The molecular weight excluding hydrogens is 324 g/mol. The van der Waals surface area contributed by atoms with E-state index in [-0.39, 0.29) is 11.9 Å². The molecule has 5 heteroatoms. The highest BCUT2D eigenvalue weighted by molar-refractivity contribution is 5.88. The van der Waals surface area contributed by atoms with Crippen LogP contribution in [0.2, 0.25) is 0 Å². The summed E-state index contributed by atoms with van der Waals surface area (Å²) < 4.78 is 0. The summed E-state index contributed by atoms with van der Waals surface area (Å²) >= 11 is 0. The predicted octanol–water partition coefficient (Wildman–Crippen LogP) is 3.50. The topological polar surface area (TPSA) is 65.5 Å². The molecule has 1 atom stereocenters. The minimum absolute atomic E-state index is 0.0590. The highest BCUT2D eigenvalue weighted by Crippen LogP contribution is 2.11.